The average Bonchev–Trinajstić information content (AvgIpc) is 2.79. The van der Waals surface area contributed by atoms with Crippen molar-refractivity contribution in [1.29, 1.82) is 0 Å². The number of nitrogens with zero attached hydrogens (tertiary/aromatic N) is 2. The van der Waals surface area contributed by atoms with Crippen molar-refractivity contribution >= 4 is 33.6 Å². The van der Waals surface area contributed by atoms with Crippen LogP contribution in [-0.2, 0) is 12.2 Å². The van der Waals surface area contributed by atoms with E-state index in [1.165, 1.54) is 11.1 Å². The predicted molar refractivity (Wildman–Crippen MR) is 87.0 cm³/mol. The topological polar surface area (TPSA) is 38.4 Å². The minimum absolute atomic E-state index is 0.937. The molecule has 1 aromatic heterocycles. The van der Waals surface area contributed by atoms with Crippen LogP contribution >= 0.6 is 23.5 Å². The first-order chi connectivity index (χ1) is 9.74. The van der Waals surface area contributed by atoms with Crippen LogP contribution in [0.5, 0.6) is 0 Å². The zero-order valence-corrected chi connectivity index (χ0v) is 13.2. The van der Waals surface area contributed by atoms with E-state index in [1.807, 2.05) is 43.4 Å². The third-order valence-corrected chi connectivity index (χ3v) is 5.56. The first-order valence-electron chi connectivity index (χ1n) is 6.58. The number of aryl methyl sites for hydroxylation is 2. The summed E-state index contributed by atoms with van der Waals surface area (Å²) in [4.78, 5) is 4.71. The maximum atomic E-state index is 5.19. The summed E-state index contributed by atoms with van der Waals surface area (Å²) in [5.41, 5.74) is 4.68. The molecule has 5 heteroatoms. The van der Waals surface area contributed by atoms with Gasteiger partial charge in [-0.3, -0.25) is 0 Å². The van der Waals surface area contributed by atoms with Crippen molar-refractivity contribution < 1.29 is 4.52 Å². The Kier molecular flexibility index (Phi) is 4.17. The highest BCUT2D eigenvalue weighted by Crippen LogP contribution is 2.34. The van der Waals surface area contributed by atoms with E-state index in [0.29, 0.717) is 0 Å². The fourth-order valence-corrected chi connectivity index (χ4v) is 4.28. The van der Waals surface area contributed by atoms with Gasteiger partial charge in [-0.15, -0.1) is 0 Å². The Labute approximate surface area is 127 Å². The number of aliphatic imine (C=N–C) groups is 1. The van der Waals surface area contributed by atoms with Gasteiger partial charge in [0.05, 0.1) is 11.4 Å². The van der Waals surface area contributed by atoms with Gasteiger partial charge < -0.3 is 4.52 Å². The van der Waals surface area contributed by atoms with Crippen LogP contribution in [-0.4, -0.2) is 15.3 Å². The molecule has 0 spiro atoms. The zero-order chi connectivity index (χ0) is 13.9. The Morgan fingerprint density at radius 1 is 1.30 bits per heavy atom. The number of hydrogen-bond donors (Lipinski definition) is 0. The molecule has 0 fully saturated rings. The zero-order valence-electron chi connectivity index (χ0n) is 11.5. The molecule has 20 heavy (non-hydrogen) atoms. The molecule has 3 rings (SSSR count). The molecule has 0 unspecified atom stereocenters. The Hall–Kier alpha value is -1.20. The Bertz CT molecular complexity index is 630. The molecule has 1 aromatic carbocycles. The van der Waals surface area contributed by atoms with Crippen LogP contribution in [0.4, 0.5) is 5.69 Å². The Morgan fingerprint density at radius 3 is 2.95 bits per heavy atom. The summed E-state index contributed by atoms with van der Waals surface area (Å²) in [6.07, 6.45) is 0.979. The van der Waals surface area contributed by atoms with Gasteiger partial charge in [0.25, 0.3) is 0 Å². The SMILES string of the molecule is Cc1noc(C)c1CCSC1=Nc2ccccc2CS1. The first-order valence-corrected chi connectivity index (χ1v) is 8.55. The van der Waals surface area contributed by atoms with Crippen molar-refractivity contribution in [2.75, 3.05) is 5.75 Å². The number of rotatable bonds is 3. The molecule has 0 aliphatic carbocycles. The second kappa shape index (κ2) is 6.06. The highest BCUT2D eigenvalue weighted by atomic mass is 32.2. The minimum Gasteiger partial charge on any atom is -0.361 e. The fraction of sp³-hybridized carbons (Fsp3) is 0.333. The van der Waals surface area contributed by atoms with Gasteiger partial charge >= 0.3 is 0 Å². The van der Waals surface area contributed by atoms with Crippen LogP contribution in [0.1, 0.15) is 22.6 Å². The van der Waals surface area contributed by atoms with Gasteiger partial charge in [0.1, 0.15) is 10.1 Å². The third-order valence-electron chi connectivity index (χ3n) is 3.31. The maximum Gasteiger partial charge on any atom is 0.137 e. The lowest BCUT2D eigenvalue weighted by Crippen LogP contribution is -1.99. The van der Waals surface area contributed by atoms with Crippen molar-refractivity contribution in [3.63, 3.8) is 0 Å². The van der Waals surface area contributed by atoms with Crippen molar-refractivity contribution in [2.45, 2.75) is 26.0 Å². The summed E-state index contributed by atoms with van der Waals surface area (Å²) in [5.74, 6) is 2.97. The summed E-state index contributed by atoms with van der Waals surface area (Å²) in [6, 6.07) is 8.36. The van der Waals surface area contributed by atoms with E-state index in [4.69, 9.17) is 9.52 Å². The Balaban J connectivity index is 1.62. The van der Waals surface area contributed by atoms with Gasteiger partial charge in [-0.05, 0) is 31.9 Å². The monoisotopic (exact) mass is 304 g/mol. The molecule has 0 amide bonds. The quantitative estimate of drug-likeness (QED) is 0.836. The predicted octanol–water partition coefficient (Wildman–Crippen LogP) is 4.50. The highest BCUT2D eigenvalue weighted by Gasteiger charge is 2.13. The number of para-hydroxylation sites is 1. The van der Waals surface area contributed by atoms with E-state index < -0.39 is 0 Å². The molecule has 0 saturated heterocycles. The molecule has 0 atom stereocenters. The van der Waals surface area contributed by atoms with Gasteiger partial charge in [-0.25, -0.2) is 4.99 Å². The smallest absolute Gasteiger partial charge is 0.137 e. The molecular weight excluding hydrogens is 288 g/mol. The fourth-order valence-electron chi connectivity index (χ4n) is 2.19. The van der Waals surface area contributed by atoms with Crippen LogP contribution in [0.15, 0.2) is 33.8 Å². The second-order valence-corrected chi connectivity index (χ2v) is 7.00. The van der Waals surface area contributed by atoms with Gasteiger partial charge in [-0.2, -0.15) is 0 Å². The summed E-state index contributed by atoms with van der Waals surface area (Å²) < 4.78 is 6.35. The highest BCUT2D eigenvalue weighted by molar-refractivity contribution is 8.38. The number of fused-ring (bicyclic) bond motifs is 1. The Morgan fingerprint density at radius 2 is 2.15 bits per heavy atom. The van der Waals surface area contributed by atoms with Crippen molar-refractivity contribution in [1.82, 2.24) is 5.16 Å². The summed E-state index contributed by atoms with van der Waals surface area (Å²) >= 11 is 3.65. The summed E-state index contributed by atoms with van der Waals surface area (Å²) in [7, 11) is 0. The molecule has 2 heterocycles. The van der Waals surface area contributed by atoms with Gasteiger partial charge in [0.2, 0.25) is 0 Å². The van der Waals surface area contributed by atoms with Crippen LogP contribution in [0.2, 0.25) is 0 Å². The molecule has 1 aliphatic heterocycles. The molecule has 0 N–H and O–H groups in total. The van der Waals surface area contributed by atoms with Crippen LogP contribution in [0, 0.1) is 13.8 Å². The number of benzene rings is 1. The van der Waals surface area contributed by atoms with E-state index in [-0.39, 0.29) is 0 Å². The average molecular weight is 304 g/mol. The second-order valence-electron chi connectivity index (χ2n) is 4.70. The lowest BCUT2D eigenvalue weighted by Gasteiger charge is -2.14. The van der Waals surface area contributed by atoms with E-state index >= 15 is 0 Å². The molecule has 0 radical (unpaired) electrons. The van der Waals surface area contributed by atoms with E-state index in [2.05, 4.69) is 23.4 Å². The van der Waals surface area contributed by atoms with Crippen LogP contribution < -0.4 is 0 Å². The minimum atomic E-state index is 0.937. The normalized spacial score (nSPS) is 14.0. The van der Waals surface area contributed by atoms with Gasteiger partial charge in [0.15, 0.2) is 0 Å². The van der Waals surface area contributed by atoms with Gasteiger partial charge in [0, 0.05) is 17.1 Å². The molecule has 1 aliphatic rings. The van der Waals surface area contributed by atoms with Crippen molar-refractivity contribution in [3.05, 3.63) is 46.8 Å². The van der Waals surface area contributed by atoms with Crippen molar-refractivity contribution in [2.24, 2.45) is 4.99 Å². The maximum absolute atomic E-state index is 5.19. The molecule has 2 aromatic rings. The molecular formula is C15H16N2OS2. The van der Waals surface area contributed by atoms with Crippen LogP contribution in [0.25, 0.3) is 0 Å². The van der Waals surface area contributed by atoms with E-state index in [9.17, 15) is 0 Å². The molecule has 3 nitrogen and oxygen atoms in total. The van der Waals surface area contributed by atoms with E-state index in [0.717, 1.165) is 39.4 Å². The molecule has 104 valence electrons. The lowest BCUT2D eigenvalue weighted by atomic mass is 10.1. The molecule has 0 saturated carbocycles. The number of thioether (sulfide) groups is 2. The third kappa shape index (κ3) is 2.94. The molecule has 0 bridgehead atoms. The van der Waals surface area contributed by atoms with Gasteiger partial charge in [-0.1, -0.05) is 46.9 Å². The first kappa shape index (κ1) is 13.8. The lowest BCUT2D eigenvalue weighted by molar-refractivity contribution is 0.392. The summed E-state index contributed by atoms with van der Waals surface area (Å²) in [5, 5.41) is 3.99. The standard InChI is InChI=1S/C15H16N2OS2/c1-10-13(11(2)18-17-10)7-8-19-15-16-14-6-4-3-5-12(14)9-20-15/h3-6H,7-9H2,1-2H3. The van der Waals surface area contributed by atoms with E-state index in [1.54, 1.807) is 0 Å². The summed E-state index contributed by atoms with van der Waals surface area (Å²) in [6.45, 7) is 3.97. The largest absolute Gasteiger partial charge is 0.361 e. The van der Waals surface area contributed by atoms with Crippen LogP contribution in [0.3, 0.4) is 0 Å². The number of hydrogen-bond acceptors (Lipinski definition) is 5. The van der Waals surface area contributed by atoms with Crippen molar-refractivity contribution in [3.8, 4) is 0 Å². The number of aromatic nitrogens is 1.